The summed E-state index contributed by atoms with van der Waals surface area (Å²) in [6, 6.07) is 5.57. The van der Waals surface area contributed by atoms with Crippen molar-refractivity contribution in [3.8, 4) is 6.07 Å². The molecule has 162 valence electrons. The lowest BCUT2D eigenvalue weighted by Gasteiger charge is -2.25. The van der Waals surface area contributed by atoms with Gasteiger partial charge in [0.25, 0.3) is 11.5 Å². The summed E-state index contributed by atoms with van der Waals surface area (Å²) in [6.45, 7) is 4.85. The van der Waals surface area contributed by atoms with E-state index in [1.165, 1.54) is 21.2 Å². The first-order valence-corrected chi connectivity index (χ1v) is 11.1. The maximum atomic E-state index is 13.1. The molecular formula is C22H24N4O3S2. The Kier molecular flexibility index (Phi) is 7.03. The number of hydrogen-bond donors (Lipinski definition) is 0. The number of amides is 1. The van der Waals surface area contributed by atoms with Crippen LogP contribution in [0.2, 0.25) is 0 Å². The van der Waals surface area contributed by atoms with Gasteiger partial charge in [-0.1, -0.05) is 37.3 Å². The van der Waals surface area contributed by atoms with E-state index in [0.29, 0.717) is 31.9 Å². The Hall–Kier alpha value is -2.83. The van der Waals surface area contributed by atoms with Crippen molar-refractivity contribution in [3.05, 3.63) is 56.1 Å². The van der Waals surface area contributed by atoms with Gasteiger partial charge in [-0.2, -0.15) is 5.26 Å². The summed E-state index contributed by atoms with van der Waals surface area (Å²) in [6.07, 6.45) is 5.26. The van der Waals surface area contributed by atoms with E-state index in [0.717, 1.165) is 19.4 Å². The molecule has 1 amide bonds. The summed E-state index contributed by atoms with van der Waals surface area (Å²) >= 11 is 6.63. The van der Waals surface area contributed by atoms with Gasteiger partial charge in [-0.25, -0.2) is 0 Å². The van der Waals surface area contributed by atoms with Gasteiger partial charge in [0.2, 0.25) is 0 Å². The van der Waals surface area contributed by atoms with Crippen molar-refractivity contribution in [2.75, 3.05) is 18.5 Å². The third-order valence-electron chi connectivity index (χ3n) is 5.22. The van der Waals surface area contributed by atoms with Crippen molar-refractivity contribution in [2.24, 2.45) is 7.05 Å². The van der Waals surface area contributed by atoms with Gasteiger partial charge >= 0.3 is 0 Å². The molecule has 1 fully saturated rings. The number of thiocarbonyl (C=S) groups is 1. The molecule has 0 radical (unpaired) electrons. The molecule has 0 N–H and O–H groups in total. The summed E-state index contributed by atoms with van der Waals surface area (Å²) in [7, 11) is 3.56. The lowest BCUT2D eigenvalue weighted by molar-refractivity contribution is -0.122. The molecule has 3 rings (SSSR count). The minimum absolute atomic E-state index is 0.0763. The summed E-state index contributed by atoms with van der Waals surface area (Å²) in [5, 5.41) is 9.55. The number of hydrogen-bond acceptors (Lipinski definition) is 7. The molecule has 9 heteroatoms. The molecule has 31 heavy (non-hydrogen) atoms. The third kappa shape index (κ3) is 4.45. The molecule has 1 aliphatic heterocycles. The van der Waals surface area contributed by atoms with E-state index in [1.54, 1.807) is 38.4 Å². The monoisotopic (exact) mass is 456 g/mol. The molecule has 0 unspecified atom stereocenters. The number of nitriles is 1. The lowest BCUT2D eigenvalue weighted by Crippen LogP contribution is -2.31. The zero-order valence-electron chi connectivity index (χ0n) is 18.0. The second-order valence-corrected chi connectivity index (χ2v) is 9.01. The number of anilines is 1. The quantitative estimate of drug-likeness (QED) is 0.463. The third-order valence-corrected chi connectivity index (χ3v) is 6.60. The molecule has 0 bridgehead atoms. The largest absolute Gasteiger partial charge is 0.467 e. The predicted molar refractivity (Wildman–Crippen MR) is 127 cm³/mol. The van der Waals surface area contributed by atoms with E-state index in [4.69, 9.17) is 16.6 Å². The Bertz CT molecular complexity index is 1140. The zero-order valence-corrected chi connectivity index (χ0v) is 19.6. The summed E-state index contributed by atoms with van der Waals surface area (Å²) < 4.78 is 7.27. The van der Waals surface area contributed by atoms with E-state index in [2.05, 4.69) is 6.92 Å². The minimum Gasteiger partial charge on any atom is -0.467 e. The highest BCUT2D eigenvalue weighted by atomic mass is 32.2. The van der Waals surface area contributed by atoms with Crippen LogP contribution in [0.25, 0.3) is 6.08 Å². The van der Waals surface area contributed by atoms with Crippen LogP contribution in [0.5, 0.6) is 0 Å². The molecule has 0 spiro atoms. The number of carbonyl (C=O) groups is 1. The molecule has 0 aliphatic carbocycles. The highest BCUT2D eigenvalue weighted by molar-refractivity contribution is 8.26. The van der Waals surface area contributed by atoms with E-state index in [-0.39, 0.29) is 23.6 Å². The van der Waals surface area contributed by atoms with E-state index >= 15 is 0 Å². The van der Waals surface area contributed by atoms with Crippen molar-refractivity contribution in [1.29, 1.82) is 5.26 Å². The van der Waals surface area contributed by atoms with Crippen LogP contribution in [0.3, 0.4) is 0 Å². The average molecular weight is 457 g/mol. The van der Waals surface area contributed by atoms with Crippen molar-refractivity contribution in [1.82, 2.24) is 9.47 Å². The van der Waals surface area contributed by atoms with Gasteiger partial charge < -0.3 is 9.32 Å². The Balaban J connectivity index is 2.09. The maximum absolute atomic E-state index is 13.1. The molecule has 1 saturated heterocycles. The van der Waals surface area contributed by atoms with Crippen LogP contribution in [0.1, 0.15) is 42.2 Å². The van der Waals surface area contributed by atoms with E-state index in [1.807, 2.05) is 18.0 Å². The number of rotatable bonds is 7. The lowest BCUT2D eigenvalue weighted by atomic mass is 10.0. The highest BCUT2D eigenvalue weighted by Gasteiger charge is 2.33. The molecule has 0 atom stereocenters. The topological polar surface area (TPSA) is 82.5 Å². The molecule has 7 nitrogen and oxygen atoms in total. The second kappa shape index (κ2) is 9.54. The number of furan rings is 1. The van der Waals surface area contributed by atoms with Gasteiger partial charge in [0, 0.05) is 26.2 Å². The van der Waals surface area contributed by atoms with Gasteiger partial charge in [0.15, 0.2) is 0 Å². The molecule has 1 aliphatic rings. The Morgan fingerprint density at radius 2 is 2.13 bits per heavy atom. The molecule has 0 aromatic carbocycles. The fourth-order valence-electron chi connectivity index (χ4n) is 3.50. The van der Waals surface area contributed by atoms with Gasteiger partial charge in [-0.3, -0.25) is 19.1 Å². The normalized spacial score (nSPS) is 15.1. The van der Waals surface area contributed by atoms with Crippen LogP contribution in [0.15, 0.2) is 32.5 Å². The van der Waals surface area contributed by atoms with Crippen molar-refractivity contribution in [2.45, 2.75) is 33.2 Å². The predicted octanol–water partition coefficient (Wildman–Crippen LogP) is 3.80. The summed E-state index contributed by atoms with van der Waals surface area (Å²) in [4.78, 5) is 29.8. The van der Waals surface area contributed by atoms with Crippen LogP contribution < -0.4 is 10.5 Å². The molecule has 2 aromatic rings. The van der Waals surface area contributed by atoms with E-state index < -0.39 is 0 Å². The van der Waals surface area contributed by atoms with Crippen LogP contribution >= 0.6 is 24.0 Å². The Labute approximate surface area is 190 Å². The van der Waals surface area contributed by atoms with Gasteiger partial charge in [0.1, 0.15) is 27.5 Å². The summed E-state index contributed by atoms with van der Waals surface area (Å²) in [5.74, 6) is 1.09. The number of nitrogens with zero attached hydrogens (tertiary/aromatic N) is 4. The second-order valence-electron chi connectivity index (χ2n) is 7.34. The first-order valence-electron chi connectivity index (χ1n) is 9.92. The zero-order chi connectivity index (χ0) is 22.7. The van der Waals surface area contributed by atoms with Gasteiger partial charge in [0.05, 0.1) is 17.7 Å². The van der Waals surface area contributed by atoms with Crippen LogP contribution in [0, 0.1) is 18.3 Å². The molecule has 0 saturated carbocycles. The molecule has 3 heterocycles. The number of carbonyl (C=O) groups excluding carboxylic acids is 1. The maximum Gasteiger partial charge on any atom is 0.270 e. The smallest absolute Gasteiger partial charge is 0.270 e. The number of unbranched alkanes of at least 4 members (excludes halogenated alkanes) is 1. The number of pyridine rings is 1. The number of aromatic nitrogens is 1. The first-order chi connectivity index (χ1) is 14.8. The SMILES string of the molecule is CCCCN(C)c1c(C=C2SC(=S)N(Cc3ccco3)C2=O)c(C)c(C#N)c(=O)n1C. The van der Waals surface area contributed by atoms with Crippen LogP contribution in [0.4, 0.5) is 5.82 Å². The first kappa shape index (κ1) is 22.8. The number of thioether (sulfide) groups is 1. The standard InChI is InChI=1S/C22H24N4O3S2/c1-5-6-9-24(3)19-16(14(2)17(12-23)20(27)25(19)4)11-18-21(28)26(22(30)31-18)13-15-8-7-10-29-15/h7-8,10-11H,5-6,9,13H2,1-4H3. The van der Waals surface area contributed by atoms with Crippen LogP contribution in [-0.4, -0.2) is 33.3 Å². The van der Waals surface area contributed by atoms with E-state index in [9.17, 15) is 14.9 Å². The van der Waals surface area contributed by atoms with Crippen molar-refractivity contribution >= 4 is 46.1 Å². The van der Waals surface area contributed by atoms with Crippen molar-refractivity contribution in [3.63, 3.8) is 0 Å². The average Bonchev–Trinajstić information content (AvgIpc) is 3.35. The Morgan fingerprint density at radius 1 is 1.39 bits per heavy atom. The summed E-state index contributed by atoms with van der Waals surface area (Å²) in [5.41, 5.74) is 0.962. The Morgan fingerprint density at radius 3 is 2.74 bits per heavy atom. The van der Waals surface area contributed by atoms with Crippen molar-refractivity contribution < 1.29 is 9.21 Å². The minimum atomic E-state index is -0.346. The molecule has 2 aromatic heterocycles. The molecular weight excluding hydrogens is 432 g/mol. The van der Waals surface area contributed by atoms with Gasteiger partial charge in [-0.05, 0) is 37.1 Å². The highest BCUT2D eigenvalue weighted by Crippen LogP contribution is 2.36. The fraction of sp³-hybridized carbons (Fsp3) is 0.364. The van der Waals surface area contributed by atoms with Gasteiger partial charge in [-0.15, -0.1) is 0 Å². The fourth-order valence-corrected chi connectivity index (χ4v) is 4.74. The van der Waals surface area contributed by atoms with Crippen LogP contribution in [-0.2, 0) is 18.4 Å².